The summed E-state index contributed by atoms with van der Waals surface area (Å²) in [5, 5.41) is 8.93. The lowest BCUT2D eigenvalue weighted by Gasteiger charge is -2.32. The van der Waals surface area contributed by atoms with Crippen molar-refractivity contribution < 1.29 is 14.6 Å². The van der Waals surface area contributed by atoms with Crippen LogP contribution in [0.3, 0.4) is 0 Å². The van der Waals surface area contributed by atoms with Gasteiger partial charge in [0.2, 0.25) is 0 Å². The fourth-order valence-corrected chi connectivity index (χ4v) is 2.37. The van der Waals surface area contributed by atoms with Crippen molar-refractivity contribution in [3.05, 3.63) is 28.7 Å². The monoisotopic (exact) mass is 315 g/mol. The molecule has 1 unspecified atom stereocenters. The second-order valence-corrected chi connectivity index (χ2v) is 5.11. The van der Waals surface area contributed by atoms with Gasteiger partial charge in [-0.05, 0) is 28.1 Å². The lowest BCUT2D eigenvalue weighted by Crippen LogP contribution is -2.45. The number of hydrogen-bond donors (Lipinski definition) is 1. The molecule has 0 radical (unpaired) electrons. The summed E-state index contributed by atoms with van der Waals surface area (Å²) < 4.78 is 12.3. The summed E-state index contributed by atoms with van der Waals surface area (Å²) in [4.78, 5) is 2.19. The minimum atomic E-state index is 0.0670. The van der Waals surface area contributed by atoms with Gasteiger partial charge in [0.05, 0.1) is 17.7 Å². The molecule has 1 heterocycles. The van der Waals surface area contributed by atoms with E-state index in [1.807, 2.05) is 24.3 Å². The van der Waals surface area contributed by atoms with Gasteiger partial charge in [0.1, 0.15) is 18.5 Å². The molecule has 1 aromatic carbocycles. The summed E-state index contributed by atoms with van der Waals surface area (Å²) in [6.45, 7) is 3.82. The molecule has 0 amide bonds. The Kier molecular flexibility index (Phi) is 5.44. The smallest absolute Gasteiger partial charge is 0.133 e. The van der Waals surface area contributed by atoms with Crippen LogP contribution in [-0.4, -0.2) is 55.6 Å². The third kappa shape index (κ3) is 3.95. The Morgan fingerprint density at radius 2 is 2.28 bits per heavy atom. The van der Waals surface area contributed by atoms with E-state index in [0.717, 1.165) is 23.3 Å². The first-order valence-electron chi connectivity index (χ1n) is 6.11. The number of ether oxygens (including phenoxy) is 2. The predicted molar refractivity (Wildman–Crippen MR) is 72.9 cm³/mol. The fraction of sp³-hybridized carbons (Fsp3) is 0.538. The van der Waals surface area contributed by atoms with Crippen LogP contribution in [0.15, 0.2) is 28.7 Å². The lowest BCUT2D eigenvalue weighted by atomic mass is 10.3. The van der Waals surface area contributed by atoms with Gasteiger partial charge < -0.3 is 14.6 Å². The Bertz CT molecular complexity index is 373. The van der Waals surface area contributed by atoms with Gasteiger partial charge >= 0.3 is 0 Å². The van der Waals surface area contributed by atoms with Crippen LogP contribution >= 0.6 is 15.9 Å². The first kappa shape index (κ1) is 13.8. The van der Waals surface area contributed by atoms with Crippen LogP contribution in [-0.2, 0) is 4.74 Å². The molecule has 2 rings (SSSR count). The van der Waals surface area contributed by atoms with Crippen LogP contribution in [0.25, 0.3) is 0 Å². The highest BCUT2D eigenvalue weighted by atomic mass is 79.9. The molecule has 1 atom stereocenters. The Morgan fingerprint density at radius 3 is 3.06 bits per heavy atom. The average molecular weight is 316 g/mol. The van der Waals surface area contributed by atoms with E-state index in [1.165, 1.54) is 0 Å². The first-order chi connectivity index (χ1) is 8.79. The van der Waals surface area contributed by atoms with Crippen molar-refractivity contribution in [1.29, 1.82) is 0 Å². The van der Waals surface area contributed by atoms with Gasteiger partial charge in [-0.3, -0.25) is 4.90 Å². The molecular formula is C13H18BrNO3. The van der Waals surface area contributed by atoms with Gasteiger partial charge in [-0.1, -0.05) is 12.1 Å². The standard InChI is InChI=1S/C13H18BrNO3/c14-12-3-1-2-4-13(12)18-10-11-9-15(5-7-16)6-8-17-11/h1-4,11,16H,5-10H2. The zero-order valence-corrected chi connectivity index (χ0v) is 11.8. The summed E-state index contributed by atoms with van der Waals surface area (Å²) in [5.41, 5.74) is 0. The van der Waals surface area contributed by atoms with Gasteiger partial charge in [0.25, 0.3) is 0 Å². The SMILES string of the molecule is OCCN1CCOC(COc2ccccc2Br)C1. The number of β-amino-alcohol motifs (C(OH)–C–C–N with tert-alkyl or cyclic N) is 1. The topological polar surface area (TPSA) is 41.9 Å². The maximum Gasteiger partial charge on any atom is 0.133 e. The molecule has 0 aliphatic carbocycles. The van der Waals surface area contributed by atoms with Crippen LogP contribution in [0.5, 0.6) is 5.75 Å². The molecule has 1 fully saturated rings. The van der Waals surface area contributed by atoms with Crippen LogP contribution < -0.4 is 4.74 Å². The van der Waals surface area contributed by atoms with Gasteiger partial charge in [0.15, 0.2) is 0 Å². The van der Waals surface area contributed by atoms with E-state index in [2.05, 4.69) is 20.8 Å². The summed E-state index contributed by atoms with van der Waals surface area (Å²) in [7, 11) is 0. The number of aliphatic hydroxyl groups is 1. The minimum Gasteiger partial charge on any atom is -0.490 e. The Balaban J connectivity index is 1.81. The van der Waals surface area contributed by atoms with E-state index < -0.39 is 0 Å². The highest BCUT2D eigenvalue weighted by molar-refractivity contribution is 9.10. The molecule has 0 spiro atoms. The highest BCUT2D eigenvalue weighted by Gasteiger charge is 2.20. The van der Waals surface area contributed by atoms with Crippen LogP contribution in [0.4, 0.5) is 0 Å². The number of benzene rings is 1. The summed E-state index contributed by atoms with van der Waals surface area (Å²) in [6.07, 6.45) is 0.0670. The molecule has 0 aromatic heterocycles. The number of aliphatic hydroxyl groups excluding tert-OH is 1. The van der Waals surface area contributed by atoms with Crippen molar-refractivity contribution in [3.8, 4) is 5.75 Å². The van der Waals surface area contributed by atoms with E-state index in [9.17, 15) is 0 Å². The number of morpholine rings is 1. The molecule has 0 bridgehead atoms. The molecule has 5 heteroatoms. The minimum absolute atomic E-state index is 0.0670. The second kappa shape index (κ2) is 7.09. The zero-order chi connectivity index (χ0) is 12.8. The average Bonchev–Trinajstić information content (AvgIpc) is 2.39. The zero-order valence-electron chi connectivity index (χ0n) is 10.2. The molecule has 4 nitrogen and oxygen atoms in total. The Labute approximate surface area is 116 Å². The largest absolute Gasteiger partial charge is 0.490 e. The van der Waals surface area contributed by atoms with E-state index >= 15 is 0 Å². The summed E-state index contributed by atoms with van der Waals surface area (Å²) >= 11 is 3.45. The van der Waals surface area contributed by atoms with Crippen LogP contribution in [0.2, 0.25) is 0 Å². The van der Waals surface area contributed by atoms with Crippen LogP contribution in [0.1, 0.15) is 0 Å². The number of halogens is 1. The van der Waals surface area contributed by atoms with Gasteiger partial charge in [-0.15, -0.1) is 0 Å². The maximum absolute atomic E-state index is 8.93. The number of nitrogens with zero attached hydrogens (tertiary/aromatic N) is 1. The normalized spacial score (nSPS) is 20.9. The molecular weight excluding hydrogens is 298 g/mol. The first-order valence-corrected chi connectivity index (χ1v) is 6.91. The molecule has 1 saturated heterocycles. The molecule has 0 saturated carbocycles. The van der Waals surface area contributed by atoms with Crippen molar-refractivity contribution in [2.75, 3.05) is 39.5 Å². The summed E-state index contributed by atoms with van der Waals surface area (Å²) in [6, 6.07) is 7.78. The van der Waals surface area contributed by atoms with Gasteiger partial charge in [0, 0.05) is 19.6 Å². The van der Waals surface area contributed by atoms with Gasteiger partial charge in [-0.25, -0.2) is 0 Å². The third-order valence-corrected chi connectivity index (χ3v) is 3.56. The van der Waals surface area contributed by atoms with E-state index in [-0.39, 0.29) is 12.7 Å². The number of rotatable bonds is 5. The van der Waals surface area contributed by atoms with E-state index in [4.69, 9.17) is 14.6 Å². The second-order valence-electron chi connectivity index (χ2n) is 4.26. The molecule has 1 aliphatic heterocycles. The van der Waals surface area contributed by atoms with Crippen molar-refractivity contribution in [3.63, 3.8) is 0 Å². The maximum atomic E-state index is 8.93. The molecule has 18 heavy (non-hydrogen) atoms. The lowest BCUT2D eigenvalue weighted by molar-refractivity contribution is -0.0509. The van der Waals surface area contributed by atoms with E-state index in [0.29, 0.717) is 19.8 Å². The number of para-hydroxylation sites is 1. The quantitative estimate of drug-likeness (QED) is 0.894. The third-order valence-electron chi connectivity index (χ3n) is 2.90. The van der Waals surface area contributed by atoms with Crippen molar-refractivity contribution >= 4 is 15.9 Å². The van der Waals surface area contributed by atoms with Crippen molar-refractivity contribution in [2.45, 2.75) is 6.10 Å². The molecule has 1 aliphatic rings. The number of hydrogen-bond acceptors (Lipinski definition) is 4. The molecule has 1 aromatic rings. The van der Waals surface area contributed by atoms with Gasteiger partial charge in [-0.2, -0.15) is 0 Å². The van der Waals surface area contributed by atoms with E-state index in [1.54, 1.807) is 0 Å². The summed E-state index contributed by atoms with van der Waals surface area (Å²) in [5.74, 6) is 0.834. The highest BCUT2D eigenvalue weighted by Crippen LogP contribution is 2.24. The fourth-order valence-electron chi connectivity index (χ4n) is 1.97. The Hall–Kier alpha value is -0.620. The van der Waals surface area contributed by atoms with Crippen molar-refractivity contribution in [1.82, 2.24) is 4.90 Å². The van der Waals surface area contributed by atoms with Crippen LogP contribution in [0, 0.1) is 0 Å². The molecule has 100 valence electrons. The molecule has 1 N–H and O–H groups in total. The predicted octanol–water partition coefficient (Wildman–Crippen LogP) is 1.52. The van der Waals surface area contributed by atoms with Crippen molar-refractivity contribution in [2.24, 2.45) is 0 Å². The Morgan fingerprint density at radius 1 is 1.44 bits per heavy atom.